The molecule has 1 fully saturated rings. The van der Waals surface area contributed by atoms with Crippen molar-refractivity contribution >= 4 is 28.1 Å². The van der Waals surface area contributed by atoms with E-state index in [0.717, 1.165) is 93.7 Å². The number of pyridine rings is 3. The maximum Gasteiger partial charge on any atom is 0.231 e. The highest BCUT2D eigenvalue weighted by atomic mass is 16.7. The molecule has 0 saturated carbocycles. The number of hydrogen-bond donors (Lipinski definition) is 4. The number of aromatic amines is 1. The summed E-state index contributed by atoms with van der Waals surface area (Å²) in [5.74, 6) is 2.23. The average Bonchev–Trinajstić information content (AvgIpc) is 3.68. The van der Waals surface area contributed by atoms with Gasteiger partial charge in [0.2, 0.25) is 6.79 Å². The van der Waals surface area contributed by atoms with Gasteiger partial charge in [-0.15, -0.1) is 0 Å². The van der Waals surface area contributed by atoms with E-state index in [0.29, 0.717) is 5.69 Å². The van der Waals surface area contributed by atoms with E-state index in [9.17, 15) is 0 Å². The monoisotopic (exact) mass is 546 g/mol. The Morgan fingerprint density at radius 1 is 0.878 bits per heavy atom. The van der Waals surface area contributed by atoms with Gasteiger partial charge in [-0.1, -0.05) is 6.07 Å². The topological polar surface area (TPSA) is 131 Å². The number of anilines is 2. The number of hydrogen-bond acceptors (Lipinski definition) is 10. The Balaban J connectivity index is 1.09. The lowest BCUT2D eigenvalue weighted by Gasteiger charge is -2.23. The number of fused-ring (bicyclic) bond motifs is 3. The second kappa shape index (κ2) is 9.79. The van der Waals surface area contributed by atoms with Crippen LogP contribution in [-0.2, 0) is 0 Å². The highest BCUT2D eigenvalue weighted by molar-refractivity contribution is 5.99. The van der Waals surface area contributed by atoms with Crippen molar-refractivity contribution < 1.29 is 14.2 Å². The second-order valence-electron chi connectivity index (χ2n) is 10.1. The van der Waals surface area contributed by atoms with Crippen LogP contribution in [0.1, 0.15) is 18.5 Å². The van der Waals surface area contributed by atoms with Crippen molar-refractivity contribution in [3.8, 4) is 39.6 Å². The van der Waals surface area contributed by atoms with Gasteiger partial charge in [-0.25, -0.2) is 4.98 Å². The summed E-state index contributed by atoms with van der Waals surface area (Å²) in [7, 11) is 0. The lowest BCUT2D eigenvalue weighted by Crippen LogP contribution is -2.34. The Morgan fingerprint density at radius 3 is 2.73 bits per heavy atom. The van der Waals surface area contributed by atoms with Crippen molar-refractivity contribution in [3.05, 3.63) is 73.1 Å². The third-order valence-corrected chi connectivity index (χ3v) is 7.52. The Bertz CT molecular complexity index is 1810. The molecule has 0 spiro atoms. The van der Waals surface area contributed by atoms with Crippen molar-refractivity contribution in [2.45, 2.75) is 18.9 Å². The fourth-order valence-electron chi connectivity index (χ4n) is 5.42. The summed E-state index contributed by atoms with van der Waals surface area (Å²) in [5.41, 5.74) is 8.39. The molecule has 0 bridgehead atoms. The number of piperidine rings is 1. The van der Waals surface area contributed by atoms with Gasteiger partial charge in [0.15, 0.2) is 11.5 Å². The van der Waals surface area contributed by atoms with Gasteiger partial charge in [0.25, 0.3) is 0 Å². The lowest BCUT2D eigenvalue weighted by molar-refractivity contribution is 0.162. The first-order valence-electron chi connectivity index (χ1n) is 13.6. The lowest BCUT2D eigenvalue weighted by atomic mass is 10.0. The summed E-state index contributed by atoms with van der Waals surface area (Å²) in [5, 5.41) is 18.0. The number of nitrogens with zero attached hydrogens (tertiary/aromatic N) is 4. The molecular weight excluding hydrogens is 520 g/mol. The molecule has 0 atom stereocenters. The van der Waals surface area contributed by atoms with E-state index in [1.807, 2.05) is 55.0 Å². The van der Waals surface area contributed by atoms with Crippen LogP contribution in [0.2, 0.25) is 0 Å². The van der Waals surface area contributed by atoms with Crippen molar-refractivity contribution in [2.24, 2.45) is 0 Å². The molecule has 204 valence electrons. The first-order chi connectivity index (χ1) is 20.3. The first kappa shape index (κ1) is 23.7. The van der Waals surface area contributed by atoms with Gasteiger partial charge in [0, 0.05) is 29.7 Å². The molecular formula is C30H26N8O3. The van der Waals surface area contributed by atoms with Crippen LogP contribution in [0.25, 0.3) is 39.1 Å². The molecule has 4 N–H and O–H groups in total. The van der Waals surface area contributed by atoms with Gasteiger partial charge >= 0.3 is 0 Å². The molecule has 3 aliphatic rings. The molecule has 0 amide bonds. The Labute approximate surface area is 235 Å². The number of benzene rings is 1. The average molecular weight is 547 g/mol. The standard InChI is InChI=1S/C30H26N8O3/c1-4-26-27(40-16-39-26)10-17(1)21-13-33-14-24-28(21)34-15-25(35-24)30-29-23(37-38-30)3-2-22(36-29)18-9-20(12-32-11-18)41-19-5-7-31-8-6-19/h1-4,9-15,19,31,34-35H,5-8,16H2,(H,37,38). The number of H-pyrrole nitrogens is 1. The molecule has 41 heavy (non-hydrogen) atoms. The fourth-order valence-corrected chi connectivity index (χ4v) is 5.42. The number of nitrogens with one attached hydrogen (secondary N) is 4. The largest absolute Gasteiger partial charge is 0.489 e. The molecule has 0 aliphatic carbocycles. The normalized spacial score (nSPS) is 16.0. The molecule has 1 aromatic carbocycles. The number of rotatable bonds is 5. The highest BCUT2D eigenvalue weighted by Crippen LogP contribution is 2.42. The molecule has 5 aromatic rings. The summed E-state index contributed by atoms with van der Waals surface area (Å²) in [6.45, 7) is 2.17. The van der Waals surface area contributed by atoms with E-state index in [1.165, 1.54) is 0 Å². The van der Waals surface area contributed by atoms with Crippen molar-refractivity contribution in [2.75, 3.05) is 30.5 Å². The third-order valence-electron chi connectivity index (χ3n) is 7.52. The van der Waals surface area contributed by atoms with E-state index in [1.54, 1.807) is 12.4 Å². The zero-order valence-corrected chi connectivity index (χ0v) is 22.0. The zero-order valence-electron chi connectivity index (χ0n) is 22.0. The molecule has 0 radical (unpaired) electrons. The fraction of sp³-hybridized carbons (Fsp3) is 0.200. The molecule has 3 aliphatic heterocycles. The van der Waals surface area contributed by atoms with Crippen LogP contribution < -0.4 is 30.2 Å². The van der Waals surface area contributed by atoms with Crippen LogP contribution in [0.5, 0.6) is 17.2 Å². The van der Waals surface area contributed by atoms with Gasteiger partial charge in [-0.3, -0.25) is 15.1 Å². The maximum atomic E-state index is 6.21. The smallest absolute Gasteiger partial charge is 0.231 e. The van der Waals surface area contributed by atoms with Crippen molar-refractivity contribution in [1.29, 1.82) is 0 Å². The minimum atomic E-state index is 0.198. The van der Waals surface area contributed by atoms with Crippen LogP contribution in [0.4, 0.5) is 11.4 Å². The van der Waals surface area contributed by atoms with Crippen LogP contribution >= 0.6 is 0 Å². The molecule has 4 aromatic heterocycles. The van der Waals surface area contributed by atoms with E-state index in [2.05, 4.69) is 36.1 Å². The van der Waals surface area contributed by atoms with Crippen LogP contribution in [0.15, 0.2) is 67.4 Å². The SMILES string of the molecule is C1=C(c2n[nH]c3ccc(-c4cncc(OC5CCNCC5)c4)nc23)Nc2cncc(-c3ccc4c(c3)OCO4)c2N1. The van der Waals surface area contributed by atoms with Gasteiger partial charge in [0.05, 0.1) is 40.7 Å². The van der Waals surface area contributed by atoms with E-state index >= 15 is 0 Å². The van der Waals surface area contributed by atoms with Crippen LogP contribution in [0.3, 0.4) is 0 Å². The number of ether oxygens (including phenoxy) is 3. The van der Waals surface area contributed by atoms with Crippen molar-refractivity contribution in [3.63, 3.8) is 0 Å². The Hall–Kier alpha value is -5.16. The Morgan fingerprint density at radius 2 is 1.78 bits per heavy atom. The minimum absolute atomic E-state index is 0.198. The molecule has 8 rings (SSSR count). The predicted molar refractivity (Wildman–Crippen MR) is 155 cm³/mol. The quantitative estimate of drug-likeness (QED) is 0.244. The van der Waals surface area contributed by atoms with Gasteiger partial charge < -0.3 is 30.2 Å². The minimum Gasteiger partial charge on any atom is -0.489 e. The summed E-state index contributed by atoms with van der Waals surface area (Å²) in [6, 6.07) is 11.8. The number of aromatic nitrogens is 5. The summed E-state index contributed by atoms with van der Waals surface area (Å²) in [6.07, 6.45) is 11.3. The molecule has 7 heterocycles. The molecule has 1 saturated heterocycles. The zero-order chi connectivity index (χ0) is 27.2. The van der Waals surface area contributed by atoms with Gasteiger partial charge in [-0.05, 0) is 61.8 Å². The van der Waals surface area contributed by atoms with Crippen LogP contribution in [-0.4, -0.2) is 51.1 Å². The van der Waals surface area contributed by atoms with Gasteiger partial charge in [0.1, 0.15) is 23.1 Å². The summed E-state index contributed by atoms with van der Waals surface area (Å²) in [4.78, 5) is 13.9. The van der Waals surface area contributed by atoms with E-state index in [-0.39, 0.29) is 12.9 Å². The van der Waals surface area contributed by atoms with Gasteiger partial charge in [-0.2, -0.15) is 5.10 Å². The van der Waals surface area contributed by atoms with E-state index < -0.39 is 0 Å². The molecule has 0 unspecified atom stereocenters. The van der Waals surface area contributed by atoms with E-state index in [4.69, 9.17) is 19.2 Å². The summed E-state index contributed by atoms with van der Waals surface area (Å²) >= 11 is 0. The first-order valence-corrected chi connectivity index (χ1v) is 13.6. The van der Waals surface area contributed by atoms with Crippen molar-refractivity contribution in [1.82, 2.24) is 30.5 Å². The third kappa shape index (κ3) is 4.36. The predicted octanol–water partition coefficient (Wildman–Crippen LogP) is 4.78. The second-order valence-corrected chi connectivity index (χ2v) is 10.1. The Kier molecular flexibility index (Phi) is 5.66. The molecule has 11 heteroatoms. The molecule has 11 nitrogen and oxygen atoms in total. The summed E-state index contributed by atoms with van der Waals surface area (Å²) < 4.78 is 17.2. The maximum absolute atomic E-state index is 6.21. The highest BCUT2D eigenvalue weighted by Gasteiger charge is 2.22. The van der Waals surface area contributed by atoms with Crippen LogP contribution in [0, 0.1) is 0 Å².